The lowest BCUT2D eigenvalue weighted by Crippen LogP contribution is -2.27. The molecule has 0 saturated carbocycles. The maximum absolute atomic E-state index is 13.2. The van der Waals surface area contributed by atoms with Crippen LogP contribution < -0.4 is 0 Å². The third-order valence-corrected chi connectivity index (χ3v) is 5.38. The molecule has 9 heteroatoms. The van der Waals surface area contributed by atoms with Gasteiger partial charge in [0, 0.05) is 24.4 Å². The fraction of sp³-hybridized carbons (Fsp3) is 0.278. The van der Waals surface area contributed by atoms with Crippen molar-refractivity contribution in [3.8, 4) is 0 Å². The maximum Gasteiger partial charge on any atom is 0.337 e. The molecule has 146 valence electrons. The SMILES string of the molecule is COC(=O)c1ccc(CN(CCC(Cl)c2ccc(F)c(Cl)c2)S(=O)[O-])cc1. The Kier molecular flexibility index (Phi) is 8.19. The number of hydrogen-bond donors (Lipinski definition) is 0. The Morgan fingerprint density at radius 2 is 1.96 bits per heavy atom. The Bertz CT molecular complexity index is 820. The highest BCUT2D eigenvalue weighted by Crippen LogP contribution is 2.28. The fourth-order valence-corrected chi connectivity index (χ4v) is 3.34. The van der Waals surface area contributed by atoms with Gasteiger partial charge in [-0.2, -0.15) is 0 Å². The Balaban J connectivity index is 1.99. The standard InChI is InChI=1S/C18H18Cl2FNO4S/c1-26-18(23)13-4-2-12(3-5-13)11-22(27(24)25)9-8-15(19)14-6-7-17(21)16(20)10-14/h2-7,10,15H,8-9,11H2,1H3,(H,24,25)/p-1. The molecule has 0 spiro atoms. The molecule has 0 N–H and O–H groups in total. The second kappa shape index (κ2) is 10.1. The number of nitrogens with zero attached hydrogens (tertiary/aromatic N) is 1. The van der Waals surface area contributed by atoms with Crippen LogP contribution in [0.4, 0.5) is 4.39 Å². The second-order valence-corrected chi connectivity index (χ2v) is 7.58. The van der Waals surface area contributed by atoms with Gasteiger partial charge in [-0.1, -0.05) is 29.8 Å². The van der Waals surface area contributed by atoms with Crippen LogP contribution in [0.3, 0.4) is 0 Å². The van der Waals surface area contributed by atoms with Crippen LogP contribution in [0.25, 0.3) is 0 Å². The lowest BCUT2D eigenvalue weighted by atomic mass is 10.1. The van der Waals surface area contributed by atoms with Crippen molar-refractivity contribution < 1.29 is 22.7 Å². The summed E-state index contributed by atoms with van der Waals surface area (Å²) in [6.07, 6.45) is 0.317. The van der Waals surface area contributed by atoms with Crippen LogP contribution in [-0.4, -0.2) is 32.7 Å². The van der Waals surface area contributed by atoms with Crippen molar-refractivity contribution in [2.24, 2.45) is 0 Å². The first-order chi connectivity index (χ1) is 12.8. The molecule has 0 aliphatic rings. The highest BCUT2D eigenvalue weighted by molar-refractivity contribution is 7.76. The zero-order valence-electron chi connectivity index (χ0n) is 14.4. The Morgan fingerprint density at radius 1 is 1.30 bits per heavy atom. The quantitative estimate of drug-likeness (QED) is 0.355. The van der Waals surface area contributed by atoms with E-state index in [4.69, 9.17) is 23.2 Å². The number of alkyl halides is 1. The van der Waals surface area contributed by atoms with Gasteiger partial charge in [-0.3, -0.25) is 4.21 Å². The lowest BCUT2D eigenvalue weighted by Gasteiger charge is -2.25. The van der Waals surface area contributed by atoms with E-state index < -0.39 is 28.4 Å². The van der Waals surface area contributed by atoms with Crippen molar-refractivity contribution in [3.63, 3.8) is 0 Å². The number of benzene rings is 2. The van der Waals surface area contributed by atoms with Crippen LogP contribution in [0.1, 0.15) is 33.3 Å². The van der Waals surface area contributed by atoms with Gasteiger partial charge in [0.05, 0.1) is 23.1 Å². The number of hydrogen-bond acceptors (Lipinski definition) is 4. The van der Waals surface area contributed by atoms with Crippen LogP contribution in [0.5, 0.6) is 0 Å². The third kappa shape index (κ3) is 6.26. The lowest BCUT2D eigenvalue weighted by molar-refractivity contribution is 0.0600. The first-order valence-corrected chi connectivity index (χ1v) is 9.77. The van der Waals surface area contributed by atoms with Gasteiger partial charge in [0.25, 0.3) is 0 Å². The van der Waals surface area contributed by atoms with Gasteiger partial charge < -0.3 is 9.29 Å². The molecule has 2 unspecified atom stereocenters. The summed E-state index contributed by atoms with van der Waals surface area (Å²) in [7, 11) is 1.29. The van der Waals surface area contributed by atoms with Gasteiger partial charge in [0.15, 0.2) is 0 Å². The van der Waals surface area contributed by atoms with E-state index >= 15 is 0 Å². The molecule has 27 heavy (non-hydrogen) atoms. The van der Waals surface area contributed by atoms with Crippen molar-refractivity contribution in [1.82, 2.24) is 4.31 Å². The zero-order chi connectivity index (χ0) is 20.0. The number of ether oxygens (including phenoxy) is 1. The van der Waals surface area contributed by atoms with Crippen molar-refractivity contribution in [2.75, 3.05) is 13.7 Å². The molecule has 0 aliphatic carbocycles. The normalized spacial score (nSPS) is 13.4. The summed E-state index contributed by atoms with van der Waals surface area (Å²) in [5.41, 5.74) is 1.70. The average molecular weight is 433 g/mol. The number of methoxy groups -OCH3 is 1. The fourth-order valence-electron chi connectivity index (χ4n) is 2.41. The van der Waals surface area contributed by atoms with E-state index in [-0.39, 0.29) is 18.1 Å². The van der Waals surface area contributed by atoms with Gasteiger partial charge in [0.2, 0.25) is 0 Å². The second-order valence-electron chi connectivity index (χ2n) is 5.70. The van der Waals surface area contributed by atoms with Crippen LogP contribution >= 0.6 is 23.2 Å². The minimum atomic E-state index is -2.45. The molecule has 0 bridgehead atoms. The minimum absolute atomic E-state index is 0.0342. The monoisotopic (exact) mass is 432 g/mol. The first-order valence-electron chi connectivity index (χ1n) is 7.92. The predicted octanol–water partition coefficient (Wildman–Crippen LogP) is 4.23. The third-order valence-electron chi connectivity index (χ3n) is 3.88. The highest BCUT2D eigenvalue weighted by atomic mass is 35.5. The van der Waals surface area contributed by atoms with E-state index in [9.17, 15) is 17.9 Å². The molecule has 2 rings (SSSR count). The van der Waals surface area contributed by atoms with Crippen LogP contribution in [-0.2, 0) is 22.5 Å². The number of carbonyl (C=O) groups is 1. The predicted molar refractivity (Wildman–Crippen MR) is 102 cm³/mol. The van der Waals surface area contributed by atoms with Gasteiger partial charge in [-0.05, 0) is 41.8 Å². The van der Waals surface area contributed by atoms with Crippen molar-refractivity contribution >= 4 is 40.4 Å². The minimum Gasteiger partial charge on any atom is -0.760 e. The molecule has 0 aliphatic heterocycles. The Morgan fingerprint density at radius 3 is 2.52 bits per heavy atom. The topological polar surface area (TPSA) is 69.7 Å². The number of halogens is 3. The molecule has 0 saturated heterocycles. The molecule has 0 radical (unpaired) electrons. The van der Waals surface area contributed by atoms with Crippen molar-refractivity contribution in [3.05, 3.63) is 70.0 Å². The summed E-state index contributed by atoms with van der Waals surface area (Å²) in [4.78, 5) is 11.4. The molecule has 0 fully saturated rings. The van der Waals surface area contributed by atoms with E-state index in [0.717, 1.165) is 0 Å². The van der Waals surface area contributed by atoms with E-state index in [1.165, 1.54) is 29.6 Å². The molecule has 2 aromatic rings. The summed E-state index contributed by atoms with van der Waals surface area (Å²) in [6.45, 7) is 0.295. The first kappa shape index (κ1) is 21.8. The molecule has 2 aromatic carbocycles. The summed E-state index contributed by atoms with van der Waals surface area (Å²) in [5.74, 6) is -1.00. The molecule has 0 heterocycles. The smallest absolute Gasteiger partial charge is 0.337 e. The van der Waals surface area contributed by atoms with Gasteiger partial charge in [-0.15, -0.1) is 11.6 Å². The van der Waals surface area contributed by atoms with Gasteiger partial charge in [0.1, 0.15) is 5.82 Å². The van der Waals surface area contributed by atoms with Crippen LogP contribution in [0.15, 0.2) is 42.5 Å². The molecule has 0 amide bonds. The highest BCUT2D eigenvalue weighted by Gasteiger charge is 2.14. The molecular weight excluding hydrogens is 416 g/mol. The summed E-state index contributed by atoms with van der Waals surface area (Å²) >= 11 is 9.59. The summed E-state index contributed by atoms with van der Waals surface area (Å²) < 4.78 is 42.1. The number of esters is 1. The Hall–Kier alpha value is -1.51. The maximum atomic E-state index is 13.2. The van der Waals surface area contributed by atoms with Gasteiger partial charge in [-0.25, -0.2) is 13.5 Å². The van der Waals surface area contributed by atoms with Gasteiger partial charge >= 0.3 is 5.97 Å². The average Bonchev–Trinajstić information content (AvgIpc) is 2.66. The molecule has 5 nitrogen and oxygen atoms in total. The molecular formula is C18H17Cl2FNO4S-. The van der Waals surface area contributed by atoms with E-state index in [1.807, 2.05) is 0 Å². The Labute approximate surface area is 169 Å². The van der Waals surface area contributed by atoms with E-state index in [0.29, 0.717) is 23.1 Å². The number of carbonyl (C=O) groups excluding carboxylic acids is 1. The van der Waals surface area contributed by atoms with Crippen molar-refractivity contribution in [1.29, 1.82) is 0 Å². The van der Waals surface area contributed by atoms with E-state index in [1.54, 1.807) is 24.3 Å². The van der Waals surface area contributed by atoms with Crippen LogP contribution in [0, 0.1) is 5.82 Å². The zero-order valence-corrected chi connectivity index (χ0v) is 16.7. The molecule has 0 aromatic heterocycles. The summed E-state index contributed by atoms with van der Waals surface area (Å²) in [6, 6.07) is 10.6. The van der Waals surface area contributed by atoms with Crippen molar-refractivity contribution in [2.45, 2.75) is 18.3 Å². The van der Waals surface area contributed by atoms with E-state index in [2.05, 4.69) is 4.74 Å². The molecule has 2 atom stereocenters. The largest absolute Gasteiger partial charge is 0.760 e. The number of rotatable bonds is 8. The van der Waals surface area contributed by atoms with Crippen LogP contribution in [0.2, 0.25) is 5.02 Å². The summed E-state index contributed by atoms with van der Waals surface area (Å²) in [5, 5.41) is -0.552.